The second-order valence-electron chi connectivity index (χ2n) is 12.1. The maximum absolute atomic E-state index is 12.6. The van der Waals surface area contributed by atoms with E-state index in [-0.39, 0.29) is 52.9 Å². The van der Waals surface area contributed by atoms with Crippen molar-refractivity contribution < 1.29 is 57.1 Å². The van der Waals surface area contributed by atoms with E-state index in [0.717, 1.165) is 22.3 Å². The van der Waals surface area contributed by atoms with Gasteiger partial charge >= 0.3 is 23.9 Å². The highest BCUT2D eigenvalue weighted by Gasteiger charge is 2.34. The lowest BCUT2D eigenvalue weighted by atomic mass is 9.92. The van der Waals surface area contributed by atoms with E-state index in [0.29, 0.717) is 0 Å². The van der Waals surface area contributed by atoms with E-state index in [2.05, 4.69) is 0 Å². The zero-order valence-corrected chi connectivity index (χ0v) is 29.4. The molecule has 0 saturated carbocycles. The Morgan fingerprint density at radius 1 is 0.340 bits per heavy atom. The summed E-state index contributed by atoms with van der Waals surface area (Å²) in [6.07, 6.45) is 0. The van der Waals surface area contributed by atoms with Gasteiger partial charge < -0.3 is 37.9 Å². The Hall–Kier alpha value is -5.40. The van der Waals surface area contributed by atoms with E-state index < -0.39 is 55.7 Å². The Balaban J connectivity index is 1.37. The maximum Gasteiger partial charge on any atom is 0.332 e. The zero-order chi connectivity index (χ0) is 37.4. The van der Waals surface area contributed by atoms with E-state index in [9.17, 15) is 19.2 Å². The highest BCUT2D eigenvalue weighted by Crippen LogP contribution is 2.21. The van der Waals surface area contributed by atoms with Crippen LogP contribution in [0.3, 0.4) is 0 Å². The first-order chi connectivity index (χ1) is 25.9. The van der Waals surface area contributed by atoms with Gasteiger partial charge in [-0.3, -0.25) is 0 Å². The lowest BCUT2D eigenvalue weighted by molar-refractivity contribution is -0.165. The van der Waals surface area contributed by atoms with E-state index in [1.807, 2.05) is 121 Å². The molecule has 0 aliphatic rings. The first-order valence-corrected chi connectivity index (χ1v) is 17.0. The van der Waals surface area contributed by atoms with Crippen LogP contribution in [0.15, 0.2) is 121 Å². The normalized spacial score (nSPS) is 11.0. The molecule has 0 atom stereocenters. The van der Waals surface area contributed by atoms with Crippen molar-refractivity contribution in [3.63, 3.8) is 0 Å². The van der Waals surface area contributed by atoms with Crippen LogP contribution in [0.5, 0.6) is 0 Å². The van der Waals surface area contributed by atoms with Gasteiger partial charge in [0.05, 0.1) is 31.8 Å². The van der Waals surface area contributed by atoms with Crippen LogP contribution >= 0.6 is 0 Å². The molecular formula is C41H44O12. The summed E-state index contributed by atoms with van der Waals surface area (Å²) in [7, 11) is 0. The molecule has 4 rings (SSSR count). The number of ether oxygens (including phenoxy) is 8. The van der Waals surface area contributed by atoms with Crippen molar-refractivity contribution >= 4 is 23.9 Å². The van der Waals surface area contributed by atoms with Gasteiger partial charge in [0, 0.05) is 0 Å². The minimum absolute atomic E-state index is 0.0603. The molecular weight excluding hydrogens is 684 g/mol. The Labute approximate surface area is 308 Å². The van der Waals surface area contributed by atoms with Gasteiger partial charge in [0.25, 0.3) is 0 Å². The molecule has 0 aliphatic carbocycles. The fourth-order valence-electron chi connectivity index (χ4n) is 4.77. The summed E-state index contributed by atoms with van der Waals surface area (Å²) < 4.78 is 44.4. The van der Waals surface area contributed by atoms with Crippen molar-refractivity contribution in [3.8, 4) is 0 Å². The number of benzene rings is 4. The van der Waals surface area contributed by atoms with Crippen LogP contribution in [-0.4, -0.2) is 76.7 Å². The number of hydrogen-bond donors (Lipinski definition) is 0. The van der Waals surface area contributed by atoms with Crippen molar-refractivity contribution in [2.75, 3.05) is 52.9 Å². The van der Waals surface area contributed by atoms with Crippen molar-refractivity contribution in [1.82, 2.24) is 0 Å². The highest BCUT2D eigenvalue weighted by atomic mass is 16.6. The van der Waals surface area contributed by atoms with Crippen LogP contribution < -0.4 is 0 Å². The standard InChI is InChI=1S/C41H44O12/c42-37(50-21-33-13-5-1-6-14-33)25-46-29-41(30-47-26-38(43)51-22-34-15-7-2-8-16-34,31-48-27-39(44)52-23-35-17-9-3-10-18-35)32-49-28-40(45)53-24-36-19-11-4-12-20-36/h1-20H,21-32H2. The Kier molecular flexibility index (Phi) is 17.7. The summed E-state index contributed by atoms with van der Waals surface area (Å²) >= 11 is 0. The summed E-state index contributed by atoms with van der Waals surface area (Å²) in [5.74, 6) is -2.49. The van der Waals surface area contributed by atoms with Crippen molar-refractivity contribution in [2.45, 2.75) is 26.4 Å². The molecule has 0 N–H and O–H groups in total. The number of rotatable bonds is 24. The monoisotopic (exact) mass is 728 g/mol. The maximum atomic E-state index is 12.6. The third-order valence-electron chi connectivity index (χ3n) is 7.48. The van der Waals surface area contributed by atoms with Crippen molar-refractivity contribution in [2.24, 2.45) is 5.41 Å². The van der Waals surface area contributed by atoms with E-state index >= 15 is 0 Å². The number of hydrogen-bond acceptors (Lipinski definition) is 12. The van der Waals surface area contributed by atoms with Crippen LogP contribution in [0.4, 0.5) is 0 Å². The smallest absolute Gasteiger partial charge is 0.332 e. The van der Waals surface area contributed by atoms with Crippen molar-refractivity contribution in [1.29, 1.82) is 0 Å². The zero-order valence-electron chi connectivity index (χ0n) is 29.4. The topological polar surface area (TPSA) is 142 Å². The molecule has 0 fully saturated rings. The van der Waals surface area contributed by atoms with Gasteiger partial charge in [0.2, 0.25) is 0 Å². The first-order valence-electron chi connectivity index (χ1n) is 17.0. The van der Waals surface area contributed by atoms with E-state index in [1.54, 1.807) is 0 Å². The Bertz CT molecular complexity index is 1400. The number of carbonyl (C=O) groups is 4. The molecule has 0 aliphatic heterocycles. The minimum atomic E-state index is -1.22. The van der Waals surface area contributed by atoms with Gasteiger partial charge in [-0.2, -0.15) is 0 Å². The first kappa shape index (κ1) is 40.4. The molecule has 12 nitrogen and oxygen atoms in total. The van der Waals surface area contributed by atoms with Gasteiger partial charge in [-0.05, 0) is 22.3 Å². The molecule has 0 radical (unpaired) electrons. The largest absolute Gasteiger partial charge is 0.459 e. The Morgan fingerprint density at radius 2 is 0.547 bits per heavy atom. The van der Waals surface area contributed by atoms with Crippen LogP contribution in [0, 0.1) is 5.41 Å². The third-order valence-corrected chi connectivity index (χ3v) is 7.48. The van der Waals surface area contributed by atoms with Crippen LogP contribution in [-0.2, 0) is 83.5 Å². The fourth-order valence-corrected chi connectivity index (χ4v) is 4.77. The minimum Gasteiger partial charge on any atom is -0.459 e. The summed E-state index contributed by atoms with van der Waals surface area (Å²) in [6.45, 7) is -2.27. The average molecular weight is 729 g/mol. The molecule has 0 spiro atoms. The second-order valence-corrected chi connectivity index (χ2v) is 12.1. The SMILES string of the molecule is O=C(COCC(COCC(=O)OCc1ccccc1)(COCC(=O)OCc1ccccc1)COCC(=O)OCc1ccccc1)OCc1ccccc1. The molecule has 0 aromatic heterocycles. The Morgan fingerprint density at radius 3 is 0.755 bits per heavy atom. The molecule has 280 valence electrons. The molecule has 4 aromatic rings. The quantitative estimate of drug-likeness (QED) is 0.0707. The molecule has 0 unspecified atom stereocenters. The van der Waals surface area contributed by atoms with Gasteiger partial charge in [-0.15, -0.1) is 0 Å². The number of esters is 4. The molecule has 0 bridgehead atoms. The lowest BCUT2D eigenvalue weighted by Gasteiger charge is -2.32. The predicted molar refractivity (Wildman–Crippen MR) is 191 cm³/mol. The van der Waals surface area contributed by atoms with Crippen LogP contribution in [0.25, 0.3) is 0 Å². The fraction of sp³-hybridized carbons (Fsp3) is 0.317. The van der Waals surface area contributed by atoms with Gasteiger partial charge in [-0.1, -0.05) is 121 Å². The third kappa shape index (κ3) is 16.7. The lowest BCUT2D eigenvalue weighted by Crippen LogP contribution is -2.43. The molecule has 0 saturated heterocycles. The van der Waals surface area contributed by atoms with Crippen LogP contribution in [0.2, 0.25) is 0 Å². The molecule has 4 aromatic carbocycles. The van der Waals surface area contributed by atoms with E-state index in [4.69, 9.17) is 37.9 Å². The molecule has 0 heterocycles. The summed E-state index contributed by atoms with van der Waals surface area (Å²) in [4.78, 5) is 50.2. The summed E-state index contributed by atoms with van der Waals surface area (Å²) in [5, 5.41) is 0. The highest BCUT2D eigenvalue weighted by molar-refractivity contribution is 5.71. The molecule has 53 heavy (non-hydrogen) atoms. The van der Waals surface area contributed by atoms with Gasteiger partial charge in [0.1, 0.15) is 52.9 Å². The van der Waals surface area contributed by atoms with Gasteiger partial charge in [-0.25, -0.2) is 19.2 Å². The average Bonchev–Trinajstić information content (AvgIpc) is 3.19. The molecule has 0 amide bonds. The number of carbonyl (C=O) groups excluding carboxylic acids is 4. The second kappa shape index (κ2) is 23.2. The molecule has 12 heteroatoms. The van der Waals surface area contributed by atoms with E-state index in [1.165, 1.54) is 0 Å². The predicted octanol–water partition coefficient (Wildman–Crippen LogP) is 5.01. The summed E-state index contributed by atoms with van der Waals surface area (Å²) in [5.41, 5.74) is 2.01. The van der Waals surface area contributed by atoms with Crippen molar-refractivity contribution in [3.05, 3.63) is 144 Å². The van der Waals surface area contributed by atoms with Crippen LogP contribution in [0.1, 0.15) is 22.3 Å². The van der Waals surface area contributed by atoms with Gasteiger partial charge in [0.15, 0.2) is 0 Å². The summed E-state index contributed by atoms with van der Waals surface area (Å²) in [6, 6.07) is 36.7.